The molecule has 0 unspecified atom stereocenters. The monoisotopic (exact) mass is 406 g/mol. The third-order valence-corrected chi connectivity index (χ3v) is 5.26. The van der Waals surface area contributed by atoms with Crippen LogP contribution in [0, 0.1) is 5.92 Å². The molecule has 0 spiro atoms. The van der Waals surface area contributed by atoms with Crippen LogP contribution in [-0.2, 0) is 16.1 Å². The van der Waals surface area contributed by atoms with Crippen molar-refractivity contribution in [3.05, 3.63) is 65.2 Å². The first kappa shape index (κ1) is 19.6. The predicted molar refractivity (Wildman–Crippen MR) is 112 cm³/mol. The van der Waals surface area contributed by atoms with Gasteiger partial charge in [0.05, 0.1) is 35.9 Å². The number of aromatic nitrogens is 2. The maximum absolute atomic E-state index is 12.6. The summed E-state index contributed by atoms with van der Waals surface area (Å²) < 4.78 is 6.80. The SMILES string of the molecule is COc1ccccc1N1C[C@@H](C(=O)NCCn2cnc3ccccc3c2=O)CC1=O. The second-order valence-corrected chi connectivity index (χ2v) is 7.13. The Morgan fingerprint density at radius 3 is 2.77 bits per heavy atom. The first-order valence-corrected chi connectivity index (χ1v) is 9.74. The van der Waals surface area contributed by atoms with Crippen LogP contribution in [0.25, 0.3) is 10.9 Å². The fraction of sp³-hybridized carbons (Fsp3) is 0.273. The van der Waals surface area contributed by atoms with E-state index in [1.54, 1.807) is 42.3 Å². The number of amides is 2. The van der Waals surface area contributed by atoms with Crippen LogP contribution in [0.2, 0.25) is 0 Å². The number of hydrogen-bond acceptors (Lipinski definition) is 5. The van der Waals surface area contributed by atoms with Crippen LogP contribution in [0.3, 0.4) is 0 Å². The van der Waals surface area contributed by atoms with Crippen molar-refractivity contribution in [3.63, 3.8) is 0 Å². The molecule has 2 heterocycles. The lowest BCUT2D eigenvalue weighted by Crippen LogP contribution is -2.36. The minimum Gasteiger partial charge on any atom is -0.495 e. The van der Waals surface area contributed by atoms with Crippen LogP contribution in [0.5, 0.6) is 5.75 Å². The van der Waals surface area contributed by atoms with Crippen LogP contribution in [0.15, 0.2) is 59.7 Å². The summed E-state index contributed by atoms with van der Waals surface area (Å²) in [6.45, 7) is 0.875. The summed E-state index contributed by atoms with van der Waals surface area (Å²) in [7, 11) is 1.55. The van der Waals surface area contributed by atoms with Gasteiger partial charge < -0.3 is 15.0 Å². The molecule has 1 atom stereocenters. The maximum atomic E-state index is 12.6. The topological polar surface area (TPSA) is 93.5 Å². The minimum absolute atomic E-state index is 0.116. The van der Waals surface area contributed by atoms with Crippen LogP contribution >= 0.6 is 0 Å². The van der Waals surface area contributed by atoms with Crippen molar-refractivity contribution in [1.82, 2.24) is 14.9 Å². The fourth-order valence-electron chi connectivity index (χ4n) is 3.68. The van der Waals surface area contributed by atoms with Crippen molar-refractivity contribution in [2.75, 3.05) is 25.1 Å². The molecule has 1 aliphatic rings. The van der Waals surface area contributed by atoms with Gasteiger partial charge in [0.15, 0.2) is 0 Å². The number of ether oxygens (including phenoxy) is 1. The smallest absolute Gasteiger partial charge is 0.261 e. The molecular weight excluding hydrogens is 384 g/mol. The van der Waals surface area contributed by atoms with Gasteiger partial charge in [0.2, 0.25) is 11.8 Å². The van der Waals surface area contributed by atoms with Gasteiger partial charge in [-0.1, -0.05) is 24.3 Å². The highest BCUT2D eigenvalue weighted by molar-refractivity contribution is 6.01. The Labute approximate surface area is 173 Å². The van der Waals surface area contributed by atoms with Crippen LogP contribution < -0.4 is 20.5 Å². The quantitative estimate of drug-likeness (QED) is 0.671. The van der Waals surface area contributed by atoms with Crippen molar-refractivity contribution < 1.29 is 14.3 Å². The molecule has 0 bridgehead atoms. The van der Waals surface area contributed by atoms with E-state index >= 15 is 0 Å². The molecule has 1 fully saturated rings. The van der Waals surface area contributed by atoms with Gasteiger partial charge in [0.25, 0.3) is 5.56 Å². The number of hydrogen-bond donors (Lipinski definition) is 1. The average Bonchev–Trinajstić information content (AvgIpc) is 3.17. The summed E-state index contributed by atoms with van der Waals surface area (Å²) in [4.78, 5) is 43.4. The Morgan fingerprint density at radius 2 is 1.93 bits per heavy atom. The molecule has 30 heavy (non-hydrogen) atoms. The Balaban J connectivity index is 1.38. The van der Waals surface area contributed by atoms with Crippen molar-refractivity contribution in [1.29, 1.82) is 0 Å². The lowest BCUT2D eigenvalue weighted by molar-refractivity contribution is -0.126. The van der Waals surface area contributed by atoms with Crippen molar-refractivity contribution in [3.8, 4) is 5.75 Å². The molecule has 2 amide bonds. The number of nitrogens with one attached hydrogen (secondary N) is 1. The molecule has 2 aromatic carbocycles. The zero-order valence-corrected chi connectivity index (χ0v) is 16.6. The first-order chi connectivity index (χ1) is 14.6. The van der Waals surface area contributed by atoms with Gasteiger partial charge >= 0.3 is 0 Å². The van der Waals surface area contributed by atoms with Crippen molar-refractivity contribution >= 4 is 28.4 Å². The summed E-state index contributed by atoms with van der Waals surface area (Å²) in [6, 6.07) is 14.4. The molecular formula is C22H22N4O4. The molecule has 1 aliphatic heterocycles. The molecule has 8 nitrogen and oxygen atoms in total. The summed E-state index contributed by atoms with van der Waals surface area (Å²) in [5.41, 5.74) is 1.16. The highest BCUT2D eigenvalue weighted by Gasteiger charge is 2.36. The fourth-order valence-corrected chi connectivity index (χ4v) is 3.68. The van der Waals surface area contributed by atoms with Crippen LogP contribution in [0.4, 0.5) is 5.69 Å². The van der Waals surface area contributed by atoms with Gasteiger partial charge in [-0.05, 0) is 24.3 Å². The van der Waals surface area contributed by atoms with Crippen LogP contribution in [-0.4, -0.2) is 41.6 Å². The van der Waals surface area contributed by atoms with E-state index in [1.807, 2.05) is 18.2 Å². The van der Waals surface area contributed by atoms with E-state index in [4.69, 9.17) is 4.74 Å². The number of methoxy groups -OCH3 is 1. The summed E-state index contributed by atoms with van der Waals surface area (Å²) in [5, 5.41) is 3.37. The second-order valence-electron chi connectivity index (χ2n) is 7.13. The molecule has 0 aliphatic carbocycles. The molecule has 154 valence electrons. The number of benzene rings is 2. The van der Waals surface area contributed by atoms with E-state index in [9.17, 15) is 14.4 Å². The number of carbonyl (C=O) groups is 2. The Bertz CT molecular complexity index is 1160. The highest BCUT2D eigenvalue weighted by atomic mass is 16.5. The van der Waals surface area contributed by atoms with E-state index in [1.165, 1.54) is 10.9 Å². The Morgan fingerprint density at radius 1 is 1.17 bits per heavy atom. The van der Waals surface area contributed by atoms with Gasteiger partial charge in [0.1, 0.15) is 5.75 Å². The lowest BCUT2D eigenvalue weighted by atomic mass is 10.1. The zero-order chi connectivity index (χ0) is 21.1. The summed E-state index contributed by atoms with van der Waals surface area (Å²) >= 11 is 0. The predicted octanol–water partition coefficient (Wildman–Crippen LogP) is 1.57. The molecule has 4 rings (SSSR count). The summed E-state index contributed by atoms with van der Waals surface area (Å²) in [5.74, 6) is -0.180. The van der Waals surface area contributed by atoms with Crippen molar-refractivity contribution in [2.24, 2.45) is 5.92 Å². The largest absolute Gasteiger partial charge is 0.495 e. The molecule has 0 saturated carbocycles. The Hall–Kier alpha value is -3.68. The number of nitrogens with zero attached hydrogens (tertiary/aromatic N) is 3. The third-order valence-electron chi connectivity index (χ3n) is 5.26. The molecule has 1 aromatic heterocycles. The molecule has 1 saturated heterocycles. The van der Waals surface area contributed by atoms with Gasteiger partial charge in [0, 0.05) is 26.1 Å². The normalized spacial score (nSPS) is 16.1. The van der Waals surface area contributed by atoms with Gasteiger partial charge in [-0.15, -0.1) is 0 Å². The standard InChI is InChI=1S/C22H22N4O4/c1-30-19-9-5-4-8-18(19)26-13-15(12-20(26)27)21(28)23-10-11-25-14-24-17-7-3-2-6-16(17)22(25)29/h2-9,14-15H,10-13H2,1H3,(H,23,28)/t15-/m0/s1. The highest BCUT2D eigenvalue weighted by Crippen LogP contribution is 2.32. The van der Waals surface area contributed by atoms with Crippen LogP contribution in [0.1, 0.15) is 6.42 Å². The van der Waals surface area contributed by atoms with Gasteiger partial charge in [-0.2, -0.15) is 0 Å². The van der Waals surface area contributed by atoms with Gasteiger partial charge in [-0.3, -0.25) is 19.0 Å². The maximum Gasteiger partial charge on any atom is 0.261 e. The number of anilines is 1. The number of carbonyl (C=O) groups excluding carboxylic acids is 2. The zero-order valence-electron chi connectivity index (χ0n) is 16.6. The third kappa shape index (κ3) is 3.76. The molecule has 1 N–H and O–H groups in total. The minimum atomic E-state index is -0.450. The van der Waals surface area contributed by atoms with Gasteiger partial charge in [-0.25, -0.2) is 4.98 Å². The van der Waals surface area contributed by atoms with E-state index < -0.39 is 5.92 Å². The molecule has 8 heteroatoms. The average molecular weight is 406 g/mol. The number of para-hydroxylation sites is 3. The lowest BCUT2D eigenvalue weighted by Gasteiger charge is -2.19. The number of fused-ring (bicyclic) bond motifs is 1. The van der Waals surface area contributed by atoms with E-state index in [-0.39, 0.29) is 30.3 Å². The second kappa shape index (κ2) is 8.36. The first-order valence-electron chi connectivity index (χ1n) is 9.74. The molecule has 0 radical (unpaired) electrons. The summed E-state index contributed by atoms with van der Waals surface area (Å²) in [6.07, 6.45) is 1.63. The van der Waals surface area contributed by atoms with E-state index in [0.717, 1.165) is 0 Å². The van der Waals surface area contributed by atoms with E-state index in [0.29, 0.717) is 35.4 Å². The van der Waals surface area contributed by atoms with Crippen molar-refractivity contribution in [2.45, 2.75) is 13.0 Å². The molecule has 3 aromatic rings. The Kier molecular flexibility index (Phi) is 5.47. The van der Waals surface area contributed by atoms with E-state index in [2.05, 4.69) is 10.3 Å². The number of rotatable bonds is 6.